The number of nitrogens with zero attached hydrogens (tertiary/aromatic N) is 1. The van der Waals surface area contributed by atoms with Gasteiger partial charge in [-0.3, -0.25) is 9.52 Å². The first-order chi connectivity index (χ1) is 15.2. The molecule has 2 heterocycles. The number of ether oxygens (including phenoxy) is 2. The van der Waals surface area contributed by atoms with Gasteiger partial charge in [0.15, 0.2) is 0 Å². The van der Waals surface area contributed by atoms with E-state index in [0.717, 1.165) is 17.7 Å². The molecular formula is C22H25FN2O6S. The summed E-state index contributed by atoms with van der Waals surface area (Å²) in [5.74, 6) is -0.174. The van der Waals surface area contributed by atoms with Crippen molar-refractivity contribution < 1.29 is 32.2 Å². The molecule has 0 aromatic heterocycles. The first kappa shape index (κ1) is 22.5. The van der Waals surface area contributed by atoms with Crippen molar-refractivity contribution in [3.05, 3.63) is 53.8 Å². The SMILES string of the molecule is CN(C)C(=O)C[C@@H]1C[C@H]2c3cc(NS(=O)(=O)c4ccc(F)cc4)ccc3O[C@H]2[C@@H](CO)O1. The Kier molecular flexibility index (Phi) is 6.11. The van der Waals surface area contributed by atoms with Crippen molar-refractivity contribution in [1.29, 1.82) is 0 Å². The molecule has 8 nitrogen and oxygen atoms in total. The van der Waals surface area contributed by atoms with Crippen molar-refractivity contribution in [3.8, 4) is 5.75 Å². The number of rotatable bonds is 6. The molecule has 2 aliphatic heterocycles. The summed E-state index contributed by atoms with van der Waals surface area (Å²) in [6, 6.07) is 9.51. The van der Waals surface area contributed by atoms with Gasteiger partial charge < -0.3 is 19.5 Å². The molecule has 1 saturated heterocycles. The van der Waals surface area contributed by atoms with E-state index in [-0.39, 0.29) is 29.7 Å². The molecule has 2 aromatic rings. The number of amides is 1. The zero-order chi connectivity index (χ0) is 23.0. The predicted molar refractivity (Wildman–Crippen MR) is 114 cm³/mol. The van der Waals surface area contributed by atoms with Crippen LogP contribution in [0.5, 0.6) is 5.75 Å². The van der Waals surface area contributed by atoms with Crippen LogP contribution in [0.1, 0.15) is 24.3 Å². The second-order valence-corrected chi connectivity index (χ2v) is 9.89. The number of carbonyl (C=O) groups excluding carboxylic acids is 1. The standard InChI is InChI=1S/C22H25FN2O6S/c1-25(2)21(27)11-15-10-18-17-9-14(5-8-19(17)31-22(18)20(12-26)30-15)24-32(28,29)16-6-3-13(23)4-7-16/h3-9,15,18,20,22,24,26H,10-12H2,1-2H3/t15-,18-,20+,22+/m0/s1. The Morgan fingerprint density at radius 1 is 1.22 bits per heavy atom. The van der Waals surface area contributed by atoms with Crippen LogP contribution in [0, 0.1) is 5.82 Å². The highest BCUT2D eigenvalue weighted by Crippen LogP contribution is 2.47. The first-order valence-electron chi connectivity index (χ1n) is 10.2. The smallest absolute Gasteiger partial charge is 0.261 e. The van der Waals surface area contributed by atoms with Gasteiger partial charge in [-0.05, 0) is 48.9 Å². The van der Waals surface area contributed by atoms with Gasteiger partial charge >= 0.3 is 0 Å². The molecular weight excluding hydrogens is 439 g/mol. The summed E-state index contributed by atoms with van der Waals surface area (Å²) in [7, 11) is -0.558. The summed E-state index contributed by atoms with van der Waals surface area (Å²) in [6.07, 6.45) is -0.733. The van der Waals surface area contributed by atoms with Crippen molar-refractivity contribution in [2.45, 2.75) is 42.0 Å². The van der Waals surface area contributed by atoms with Gasteiger partial charge in [-0.2, -0.15) is 0 Å². The molecule has 0 bridgehead atoms. The van der Waals surface area contributed by atoms with E-state index in [4.69, 9.17) is 9.47 Å². The third kappa shape index (κ3) is 4.43. The fourth-order valence-corrected chi connectivity index (χ4v) is 5.21. The minimum Gasteiger partial charge on any atom is -0.487 e. The van der Waals surface area contributed by atoms with E-state index in [9.17, 15) is 22.7 Å². The zero-order valence-corrected chi connectivity index (χ0v) is 18.5. The average molecular weight is 465 g/mol. The molecule has 2 aromatic carbocycles. The van der Waals surface area contributed by atoms with Crippen LogP contribution in [-0.4, -0.2) is 63.3 Å². The lowest BCUT2D eigenvalue weighted by molar-refractivity contribution is -0.147. The fraction of sp³-hybridized carbons (Fsp3) is 0.409. The minimum atomic E-state index is -3.90. The van der Waals surface area contributed by atoms with E-state index in [0.29, 0.717) is 17.9 Å². The van der Waals surface area contributed by atoms with Crippen molar-refractivity contribution in [2.24, 2.45) is 0 Å². The van der Waals surface area contributed by atoms with Crippen molar-refractivity contribution in [3.63, 3.8) is 0 Å². The lowest BCUT2D eigenvalue weighted by atomic mass is 9.84. The van der Waals surface area contributed by atoms with Gasteiger partial charge in [0.2, 0.25) is 5.91 Å². The van der Waals surface area contributed by atoms with Crippen LogP contribution in [0.25, 0.3) is 0 Å². The highest BCUT2D eigenvalue weighted by Gasteiger charge is 2.46. The molecule has 4 rings (SSSR count). The van der Waals surface area contributed by atoms with Crippen LogP contribution in [0.2, 0.25) is 0 Å². The van der Waals surface area contributed by atoms with Crippen molar-refractivity contribution in [1.82, 2.24) is 4.90 Å². The van der Waals surface area contributed by atoms with Gasteiger partial charge in [0.25, 0.3) is 10.0 Å². The Morgan fingerprint density at radius 3 is 2.59 bits per heavy atom. The van der Waals surface area contributed by atoms with Crippen LogP contribution in [0.3, 0.4) is 0 Å². The molecule has 0 saturated carbocycles. The maximum Gasteiger partial charge on any atom is 0.261 e. The summed E-state index contributed by atoms with van der Waals surface area (Å²) in [4.78, 5) is 13.6. The molecule has 10 heteroatoms. The van der Waals surface area contributed by atoms with Crippen LogP contribution in [0.15, 0.2) is 47.4 Å². The van der Waals surface area contributed by atoms with E-state index < -0.39 is 34.2 Å². The molecule has 0 unspecified atom stereocenters. The molecule has 0 aliphatic carbocycles. The summed E-state index contributed by atoms with van der Waals surface area (Å²) in [5, 5.41) is 9.81. The highest BCUT2D eigenvalue weighted by molar-refractivity contribution is 7.92. The van der Waals surface area contributed by atoms with Gasteiger partial charge in [0.05, 0.1) is 24.0 Å². The Morgan fingerprint density at radius 2 is 1.94 bits per heavy atom. The largest absolute Gasteiger partial charge is 0.487 e. The number of aliphatic hydroxyl groups excluding tert-OH is 1. The second kappa shape index (κ2) is 8.68. The quantitative estimate of drug-likeness (QED) is 0.679. The minimum absolute atomic E-state index is 0.0535. The number of carbonyl (C=O) groups is 1. The molecule has 0 radical (unpaired) electrons. The number of halogens is 1. The average Bonchev–Trinajstić information content (AvgIpc) is 3.11. The van der Waals surface area contributed by atoms with Gasteiger partial charge in [0, 0.05) is 31.3 Å². The number of fused-ring (bicyclic) bond motifs is 3. The van der Waals surface area contributed by atoms with E-state index in [1.165, 1.54) is 17.0 Å². The number of benzene rings is 2. The van der Waals surface area contributed by atoms with Crippen LogP contribution in [-0.2, 0) is 19.6 Å². The van der Waals surface area contributed by atoms with Crippen LogP contribution >= 0.6 is 0 Å². The second-order valence-electron chi connectivity index (χ2n) is 8.21. The third-order valence-corrected chi connectivity index (χ3v) is 7.17. The van der Waals surface area contributed by atoms with Crippen LogP contribution in [0.4, 0.5) is 10.1 Å². The molecule has 32 heavy (non-hydrogen) atoms. The number of sulfonamides is 1. The first-order valence-corrected chi connectivity index (χ1v) is 11.7. The van der Waals surface area contributed by atoms with E-state index >= 15 is 0 Å². The number of aliphatic hydroxyl groups is 1. The zero-order valence-electron chi connectivity index (χ0n) is 17.7. The van der Waals surface area contributed by atoms with E-state index in [1.807, 2.05) is 0 Å². The molecule has 2 aliphatic rings. The summed E-state index contributed by atoms with van der Waals surface area (Å²) in [5.41, 5.74) is 1.13. The highest BCUT2D eigenvalue weighted by atomic mass is 32.2. The third-order valence-electron chi connectivity index (χ3n) is 5.78. The molecule has 4 atom stereocenters. The molecule has 0 spiro atoms. The molecule has 1 fully saturated rings. The summed E-state index contributed by atoms with van der Waals surface area (Å²) < 4.78 is 52.9. The Balaban J connectivity index is 1.57. The van der Waals surface area contributed by atoms with Gasteiger partial charge in [-0.1, -0.05) is 0 Å². The molecule has 2 N–H and O–H groups in total. The maximum atomic E-state index is 13.1. The fourth-order valence-electron chi connectivity index (χ4n) is 4.16. The van der Waals surface area contributed by atoms with Crippen molar-refractivity contribution >= 4 is 21.6 Å². The number of anilines is 1. The van der Waals surface area contributed by atoms with Gasteiger partial charge in [-0.25, -0.2) is 12.8 Å². The van der Waals surface area contributed by atoms with Crippen LogP contribution < -0.4 is 9.46 Å². The number of hydrogen-bond donors (Lipinski definition) is 2. The van der Waals surface area contributed by atoms with Crippen molar-refractivity contribution in [2.75, 3.05) is 25.4 Å². The molecule has 172 valence electrons. The van der Waals surface area contributed by atoms with Gasteiger partial charge in [0.1, 0.15) is 23.8 Å². The predicted octanol–water partition coefficient (Wildman–Crippen LogP) is 2.10. The monoisotopic (exact) mass is 464 g/mol. The normalized spacial score (nSPS) is 24.2. The molecule has 1 amide bonds. The lowest BCUT2D eigenvalue weighted by Crippen LogP contribution is -2.47. The van der Waals surface area contributed by atoms with Gasteiger partial charge in [-0.15, -0.1) is 0 Å². The van der Waals surface area contributed by atoms with E-state index in [2.05, 4.69) is 4.72 Å². The maximum absolute atomic E-state index is 13.1. The summed E-state index contributed by atoms with van der Waals surface area (Å²) in [6.45, 7) is -0.258. The number of nitrogens with one attached hydrogen (secondary N) is 1. The topological polar surface area (TPSA) is 105 Å². The number of hydrogen-bond acceptors (Lipinski definition) is 6. The Labute approximate surface area is 186 Å². The Bertz CT molecular complexity index is 1110. The van der Waals surface area contributed by atoms with E-state index in [1.54, 1.807) is 32.3 Å². The Hall–Kier alpha value is -2.69. The lowest BCUT2D eigenvalue weighted by Gasteiger charge is -2.37. The summed E-state index contributed by atoms with van der Waals surface area (Å²) >= 11 is 0.